The number of halogens is 2. The molecule has 0 amide bonds. The summed E-state index contributed by atoms with van der Waals surface area (Å²) in [6.07, 6.45) is 0.778. The summed E-state index contributed by atoms with van der Waals surface area (Å²) in [4.78, 5) is 16.7. The number of thiazole rings is 1. The van der Waals surface area contributed by atoms with E-state index in [1.807, 2.05) is 31.2 Å². The molecule has 0 radical (unpaired) electrons. The number of rotatable bonds is 5. The zero-order chi connectivity index (χ0) is 15.9. The average molecular weight is 356 g/mol. The van der Waals surface area contributed by atoms with Crippen LogP contribution in [0.2, 0.25) is 0 Å². The van der Waals surface area contributed by atoms with Gasteiger partial charge in [-0.25, -0.2) is 4.98 Å². The molecule has 0 saturated heterocycles. The molecule has 22 heavy (non-hydrogen) atoms. The molecular formula is C16H15Cl2NO2S. The van der Waals surface area contributed by atoms with Crippen molar-refractivity contribution in [3.8, 4) is 16.3 Å². The molecule has 1 aromatic heterocycles. The highest BCUT2D eigenvalue weighted by atomic mass is 35.5. The topological polar surface area (TPSA) is 39.2 Å². The lowest BCUT2D eigenvalue weighted by atomic mass is 10.2. The lowest BCUT2D eigenvalue weighted by molar-refractivity contribution is 0.102. The highest BCUT2D eigenvalue weighted by molar-refractivity contribution is 7.17. The van der Waals surface area contributed by atoms with Crippen LogP contribution in [0.3, 0.4) is 0 Å². The molecule has 1 atom stereocenters. The molecule has 0 unspecified atom stereocenters. The maximum Gasteiger partial charge on any atom is 0.171 e. The van der Waals surface area contributed by atoms with Gasteiger partial charge in [0.05, 0.1) is 17.2 Å². The summed E-state index contributed by atoms with van der Waals surface area (Å²) in [5.74, 6) is 1.03. The molecular weight excluding hydrogens is 341 g/mol. The Morgan fingerprint density at radius 2 is 2.05 bits per heavy atom. The second-order valence-electron chi connectivity index (χ2n) is 5.49. The van der Waals surface area contributed by atoms with Gasteiger partial charge in [0.1, 0.15) is 15.1 Å². The first-order valence-corrected chi connectivity index (χ1v) is 8.53. The zero-order valence-corrected chi connectivity index (χ0v) is 14.6. The number of hydrogen-bond donors (Lipinski definition) is 0. The van der Waals surface area contributed by atoms with Crippen LogP contribution in [0, 0.1) is 12.8 Å². The first kappa shape index (κ1) is 15.8. The van der Waals surface area contributed by atoms with Crippen molar-refractivity contribution in [2.24, 2.45) is 5.92 Å². The number of benzene rings is 1. The molecule has 0 N–H and O–H groups in total. The smallest absolute Gasteiger partial charge is 0.171 e. The van der Waals surface area contributed by atoms with Gasteiger partial charge in [0.25, 0.3) is 0 Å². The third-order valence-electron chi connectivity index (χ3n) is 3.62. The number of alkyl halides is 2. The summed E-state index contributed by atoms with van der Waals surface area (Å²) in [5, 5.41) is 0.844. The number of hydrogen-bond acceptors (Lipinski definition) is 4. The van der Waals surface area contributed by atoms with Gasteiger partial charge in [-0.15, -0.1) is 34.5 Å². The molecule has 116 valence electrons. The Labute approximate surface area is 143 Å². The van der Waals surface area contributed by atoms with Gasteiger partial charge >= 0.3 is 0 Å². The summed E-state index contributed by atoms with van der Waals surface area (Å²) < 4.78 is 5.07. The average Bonchev–Trinajstić information content (AvgIpc) is 2.89. The minimum Gasteiger partial charge on any atom is -0.493 e. The van der Waals surface area contributed by atoms with E-state index in [-0.39, 0.29) is 11.7 Å². The second-order valence-corrected chi connectivity index (χ2v) is 8.03. The summed E-state index contributed by atoms with van der Waals surface area (Å²) in [6, 6.07) is 7.68. The standard InChI is InChI=1S/C16H15Cl2NO2S/c1-9-14(10(2)20)22-15(19-9)11-3-5-13(6-4-11)21-8-12-7-16(12,17)18/h3-6,12H,7-8H2,1-2H3/t12-/m0/s1. The van der Waals surface area contributed by atoms with E-state index in [0.717, 1.165) is 28.4 Å². The molecule has 6 heteroatoms. The number of Topliss-reactive ketones (excluding diaryl/α,β-unsaturated/α-hetero) is 1. The van der Waals surface area contributed by atoms with Crippen LogP contribution in [-0.2, 0) is 0 Å². The SMILES string of the molecule is CC(=O)c1sc(-c2ccc(OC[C@@H]3CC3(Cl)Cl)cc2)nc1C. The molecule has 1 saturated carbocycles. The summed E-state index contributed by atoms with van der Waals surface area (Å²) in [6.45, 7) is 3.94. The number of nitrogens with zero attached hydrogens (tertiary/aromatic N) is 1. The van der Waals surface area contributed by atoms with Crippen molar-refractivity contribution in [2.45, 2.75) is 24.6 Å². The zero-order valence-electron chi connectivity index (χ0n) is 12.2. The van der Waals surface area contributed by atoms with Crippen LogP contribution in [0.15, 0.2) is 24.3 Å². The monoisotopic (exact) mass is 355 g/mol. The van der Waals surface area contributed by atoms with E-state index in [9.17, 15) is 4.79 Å². The van der Waals surface area contributed by atoms with E-state index in [2.05, 4.69) is 4.98 Å². The Balaban J connectivity index is 1.69. The number of carbonyl (C=O) groups excluding carboxylic acids is 1. The number of aromatic nitrogens is 1. The van der Waals surface area contributed by atoms with E-state index in [0.29, 0.717) is 11.5 Å². The van der Waals surface area contributed by atoms with Crippen LogP contribution in [0.25, 0.3) is 10.6 Å². The van der Waals surface area contributed by atoms with Crippen molar-refractivity contribution in [3.63, 3.8) is 0 Å². The van der Waals surface area contributed by atoms with Gasteiger partial charge in [-0.1, -0.05) is 0 Å². The number of aryl methyl sites for hydroxylation is 1. The molecule has 1 aromatic carbocycles. The van der Waals surface area contributed by atoms with Crippen LogP contribution >= 0.6 is 34.5 Å². The fourth-order valence-corrected chi connectivity index (χ4v) is 3.65. The number of ether oxygens (including phenoxy) is 1. The van der Waals surface area contributed by atoms with Crippen molar-refractivity contribution in [1.82, 2.24) is 4.98 Å². The van der Waals surface area contributed by atoms with Crippen molar-refractivity contribution < 1.29 is 9.53 Å². The Bertz CT molecular complexity index is 709. The Kier molecular flexibility index (Phi) is 4.19. The van der Waals surface area contributed by atoms with Crippen molar-refractivity contribution in [3.05, 3.63) is 34.8 Å². The molecule has 1 heterocycles. The number of carbonyl (C=O) groups is 1. The molecule has 0 aliphatic heterocycles. The maximum atomic E-state index is 11.5. The molecule has 3 rings (SSSR count). The van der Waals surface area contributed by atoms with E-state index in [1.165, 1.54) is 11.3 Å². The molecule has 1 aliphatic carbocycles. The summed E-state index contributed by atoms with van der Waals surface area (Å²) >= 11 is 13.4. The summed E-state index contributed by atoms with van der Waals surface area (Å²) in [7, 11) is 0. The molecule has 1 aliphatic rings. The van der Waals surface area contributed by atoms with Crippen LogP contribution in [0.4, 0.5) is 0 Å². The first-order valence-electron chi connectivity index (χ1n) is 6.96. The van der Waals surface area contributed by atoms with E-state index in [1.54, 1.807) is 6.92 Å². The predicted octanol–water partition coefficient (Wildman–Crippen LogP) is 4.89. The quantitative estimate of drug-likeness (QED) is 0.565. The Morgan fingerprint density at radius 3 is 2.55 bits per heavy atom. The fourth-order valence-electron chi connectivity index (χ4n) is 2.19. The Hall–Kier alpha value is -1.10. The van der Waals surface area contributed by atoms with Gasteiger partial charge in [-0.2, -0.15) is 0 Å². The highest BCUT2D eigenvalue weighted by Gasteiger charge is 2.52. The van der Waals surface area contributed by atoms with Crippen LogP contribution in [0.1, 0.15) is 28.7 Å². The van der Waals surface area contributed by atoms with Crippen molar-refractivity contribution in [1.29, 1.82) is 0 Å². The van der Waals surface area contributed by atoms with Gasteiger partial charge < -0.3 is 4.74 Å². The maximum absolute atomic E-state index is 11.5. The molecule has 0 bridgehead atoms. The fraction of sp³-hybridized carbons (Fsp3) is 0.375. The third kappa shape index (κ3) is 3.29. The van der Waals surface area contributed by atoms with Crippen molar-refractivity contribution >= 4 is 40.3 Å². The first-order chi connectivity index (χ1) is 10.4. The minimum absolute atomic E-state index is 0.0521. The molecule has 1 fully saturated rings. The lowest BCUT2D eigenvalue weighted by Crippen LogP contribution is -2.04. The van der Waals surface area contributed by atoms with Gasteiger partial charge in [-0.3, -0.25) is 4.79 Å². The van der Waals surface area contributed by atoms with E-state index < -0.39 is 4.33 Å². The third-order valence-corrected chi connectivity index (χ3v) is 5.86. The highest BCUT2D eigenvalue weighted by Crippen LogP contribution is 2.53. The lowest BCUT2D eigenvalue weighted by Gasteiger charge is -2.06. The summed E-state index contributed by atoms with van der Waals surface area (Å²) in [5.41, 5.74) is 1.76. The molecule has 2 aromatic rings. The second kappa shape index (κ2) is 5.84. The molecule has 0 spiro atoms. The van der Waals surface area contributed by atoms with Crippen LogP contribution < -0.4 is 4.74 Å². The normalized spacial score (nSPS) is 19.0. The van der Waals surface area contributed by atoms with Gasteiger partial charge in [0.15, 0.2) is 5.78 Å². The van der Waals surface area contributed by atoms with E-state index >= 15 is 0 Å². The van der Waals surface area contributed by atoms with Crippen LogP contribution in [0.5, 0.6) is 5.75 Å². The molecule has 3 nitrogen and oxygen atoms in total. The van der Waals surface area contributed by atoms with Gasteiger partial charge in [0, 0.05) is 18.4 Å². The van der Waals surface area contributed by atoms with Gasteiger partial charge in [-0.05, 0) is 37.6 Å². The number of ketones is 1. The van der Waals surface area contributed by atoms with Gasteiger partial charge in [0.2, 0.25) is 0 Å². The van der Waals surface area contributed by atoms with Crippen molar-refractivity contribution in [2.75, 3.05) is 6.61 Å². The van der Waals surface area contributed by atoms with Crippen LogP contribution in [-0.4, -0.2) is 21.7 Å². The minimum atomic E-state index is -0.610. The largest absolute Gasteiger partial charge is 0.493 e. The Morgan fingerprint density at radius 1 is 1.41 bits per heavy atom. The predicted molar refractivity (Wildman–Crippen MR) is 90.3 cm³/mol. The van der Waals surface area contributed by atoms with E-state index in [4.69, 9.17) is 27.9 Å².